The van der Waals surface area contributed by atoms with Crippen LogP contribution >= 0.6 is 0 Å². The molecule has 1 spiro atoms. The highest BCUT2D eigenvalue weighted by Crippen LogP contribution is 2.45. The van der Waals surface area contributed by atoms with Crippen molar-refractivity contribution in [2.45, 2.75) is 43.9 Å². The third-order valence-electron chi connectivity index (χ3n) is 3.33. The van der Waals surface area contributed by atoms with Gasteiger partial charge < -0.3 is 4.74 Å². The quantitative estimate of drug-likeness (QED) is 0.644. The molecule has 1 fully saturated rings. The predicted octanol–water partition coefficient (Wildman–Crippen LogP) is 2.98. The van der Waals surface area contributed by atoms with Gasteiger partial charge in [-0.2, -0.15) is 13.2 Å². The van der Waals surface area contributed by atoms with Crippen LogP contribution in [0, 0.1) is 5.92 Å². The number of carbonyl (C=O) groups excluding carboxylic acids is 1. The second kappa shape index (κ2) is 3.79. The van der Waals surface area contributed by atoms with Gasteiger partial charge in [0.1, 0.15) is 5.60 Å². The van der Waals surface area contributed by atoms with E-state index in [4.69, 9.17) is 4.74 Å². The van der Waals surface area contributed by atoms with Crippen LogP contribution in [0.5, 0.6) is 0 Å². The normalized spacial score (nSPS) is 35.2. The molecule has 0 bridgehead atoms. The first kappa shape index (κ1) is 11.5. The van der Waals surface area contributed by atoms with Gasteiger partial charge in [-0.25, -0.2) is 0 Å². The molecule has 2 unspecified atom stereocenters. The molecule has 2 atom stereocenters. The minimum Gasteiger partial charge on any atom is -0.494 e. The highest BCUT2D eigenvalue weighted by molar-refractivity contribution is 5.90. The molecule has 2 rings (SSSR count). The van der Waals surface area contributed by atoms with E-state index in [1.165, 1.54) is 12.3 Å². The van der Waals surface area contributed by atoms with Crippen LogP contribution in [0.25, 0.3) is 0 Å². The molecule has 1 aliphatic heterocycles. The van der Waals surface area contributed by atoms with E-state index < -0.39 is 17.7 Å². The lowest BCUT2D eigenvalue weighted by molar-refractivity contribution is -0.202. The first-order valence-electron chi connectivity index (χ1n) is 5.35. The first-order valence-corrected chi connectivity index (χ1v) is 5.35. The van der Waals surface area contributed by atoms with Gasteiger partial charge >= 0.3 is 6.18 Å². The summed E-state index contributed by atoms with van der Waals surface area (Å²) in [5, 5.41) is 0. The van der Waals surface area contributed by atoms with Crippen LogP contribution in [0.1, 0.15) is 32.1 Å². The molecule has 0 aromatic heterocycles. The Bertz CT molecular complexity index is 322. The summed E-state index contributed by atoms with van der Waals surface area (Å²) in [5.41, 5.74) is -0.899. The first-order chi connectivity index (χ1) is 7.41. The minimum atomic E-state index is -4.18. The average molecular weight is 234 g/mol. The SMILES string of the molecule is O=C1C=COC2(CCCC(C(F)(F)F)C2)C1. The van der Waals surface area contributed by atoms with Gasteiger partial charge in [0.25, 0.3) is 0 Å². The number of ether oxygens (including phenoxy) is 1. The highest BCUT2D eigenvalue weighted by atomic mass is 19.4. The minimum absolute atomic E-state index is 0.0794. The Hall–Kier alpha value is -1.00. The number of hydrogen-bond acceptors (Lipinski definition) is 2. The summed E-state index contributed by atoms with van der Waals surface area (Å²) in [4.78, 5) is 11.2. The Morgan fingerprint density at radius 2 is 2.19 bits per heavy atom. The van der Waals surface area contributed by atoms with Crippen molar-refractivity contribution < 1.29 is 22.7 Å². The third kappa shape index (κ3) is 2.23. The van der Waals surface area contributed by atoms with Crippen molar-refractivity contribution in [2.75, 3.05) is 0 Å². The van der Waals surface area contributed by atoms with Crippen LogP contribution in [0.4, 0.5) is 13.2 Å². The number of hydrogen-bond donors (Lipinski definition) is 0. The monoisotopic (exact) mass is 234 g/mol. The fraction of sp³-hybridized carbons (Fsp3) is 0.727. The lowest BCUT2D eigenvalue weighted by atomic mass is 9.74. The fourth-order valence-electron chi connectivity index (χ4n) is 2.54. The third-order valence-corrected chi connectivity index (χ3v) is 3.33. The largest absolute Gasteiger partial charge is 0.494 e. The number of allylic oxidation sites excluding steroid dienone is 1. The molecule has 1 saturated carbocycles. The molecule has 1 aliphatic carbocycles. The van der Waals surface area contributed by atoms with Gasteiger partial charge in [-0.05, 0) is 25.7 Å². The summed E-state index contributed by atoms with van der Waals surface area (Å²) in [6.07, 6.45) is -0.524. The highest BCUT2D eigenvalue weighted by Gasteiger charge is 2.49. The van der Waals surface area contributed by atoms with E-state index in [1.807, 2.05) is 0 Å². The van der Waals surface area contributed by atoms with Crippen molar-refractivity contribution in [3.63, 3.8) is 0 Å². The molecule has 2 aliphatic rings. The zero-order valence-electron chi connectivity index (χ0n) is 8.72. The number of halogens is 3. The van der Waals surface area contributed by atoms with E-state index in [0.29, 0.717) is 12.8 Å². The predicted molar refractivity (Wildman–Crippen MR) is 50.6 cm³/mol. The van der Waals surface area contributed by atoms with Crippen LogP contribution < -0.4 is 0 Å². The van der Waals surface area contributed by atoms with E-state index >= 15 is 0 Å². The van der Waals surface area contributed by atoms with E-state index in [2.05, 4.69) is 0 Å². The molecular formula is C11H13F3O2. The molecule has 0 radical (unpaired) electrons. The summed E-state index contributed by atoms with van der Waals surface area (Å²) in [6.45, 7) is 0. The summed E-state index contributed by atoms with van der Waals surface area (Å²) >= 11 is 0. The summed E-state index contributed by atoms with van der Waals surface area (Å²) in [7, 11) is 0. The lowest BCUT2D eigenvalue weighted by Gasteiger charge is -2.41. The number of carbonyl (C=O) groups is 1. The number of ketones is 1. The molecule has 1 heterocycles. The second-order valence-corrected chi connectivity index (χ2v) is 4.58. The molecule has 5 heteroatoms. The molecule has 0 aromatic rings. The van der Waals surface area contributed by atoms with Crippen LogP contribution in [-0.4, -0.2) is 17.6 Å². The smallest absolute Gasteiger partial charge is 0.391 e. The molecule has 0 aromatic carbocycles. The van der Waals surface area contributed by atoms with E-state index in [0.717, 1.165) is 0 Å². The molecule has 16 heavy (non-hydrogen) atoms. The molecule has 0 amide bonds. The number of rotatable bonds is 0. The summed E-state index contributed by atoms with van der Waals surface area (Å²) < 4.78 is 43.2. The lowest BCUT2D eigenvalue weighted by Crippen LogP contribution is -2.44. The van der Waals surface area contributed by atoms with Crippen LogP contribution in [0.2, 0.25) is 0 Å². The van der Waals surface area contributed by atoms with Gasteiger partial charge in [-0.3, -0.25) is 4.79 Å². The maximum absolute atomic E-state index is 12.6. The topological polar surface area (TPSA) is 26.3 Å². The van der Waals surface area contributed by atoms with Crippen LogP contribution in [-0.2, 0) is 9.53 Å². The van der Waals surface area contributed by atoms with E-state index in [9.17, 15) is 18.0 Å². The van der Waals surface area contributed by atoms with Crippen molar-refractivity contribution in [3.8, 4) is 0 Å². The van der Waals surface area contributed by atoms with Crippen molar-refractivity contribution in [1.82, 2.24) is 0 Å². The van der Waals surface area contributed by atoms with Crippen LogP contribution in [0.3, 0.4) is 0 Å². The van der Waals surface area contributed by atoms with E-state index in [-0.39, 0.29) is 25.0 Å². The van der Waals surface area contributed by atoms with Gasteiger partial charge in [-0.15, -0.1) is 0 Å². The van der Waals surface area contributed by atoms with Gasteiger partial charge in [0.15, 0.2) is 5.78 Å². The Morgan fingerprint density at radius 1 is 1.44 bits per heavy atom. The maximum atomic E-state index is 12.6. The zero-order chi connectivity index (χ0) is 11.8. The standard InChI is InChI=1S/C11H13F3O2/c12-11(13,14)8-2-1-4-10(6-8)7-9(15)3-5-16-10/h3,5,8H,1-2,4,6-7H2. The summed E-state index contributed by atoms with van der Waals surface area (Å²) in [5.74, 6) is -1.48. The zero-order valence-corrected chi connectivity index (χ0v) is 8.72. The molecule has 90 valence electrons. The van der Waals surface area contributed by atoms with Crippen LogP contribution in [0.15, 0.2) is 12.3 Å². The molecule has 0 saturated heterocycles. The second-order valence-electron chi connectivity index (χ2n) is 4.58. The maximum Gasteiger partial charge on any atom is 0.391 e. The Labute approximate surface area is 91.5 Å². The van der Waals surface area contributed by atoms with Crippen molar-refractivity contribution in [2.24, 2.45) is 5.92 Å². The van der Waals surface area contributed by atoms with Crippen molar-refractivity contribution in [3.05, 3.63) is 12.3 Å². The van der Waals surface area contributed by atoms with Gasteiger partial charge in [-0.1, -0.05) is 0 Å². The molecule has 0 N–H and O–H groups in total. The van der Waals surface area contributed by atoms with Gasteiger partial charge in [0.2, 0.25) is 0 Å². The van der Waals surface area contributed by atoms with E-state index in [1.54, 1.807) is 0 Å². The Morgan fingerprint density at radius 3 is 2.81 bits per heavy atom. The Balaban J connectivity index is 2.12. The molecular weight excluding hydrogens is 221 g/mol. The van der Waals surface area contributed by atoms with Crippen molar-refractivity contribution >= 4 is 5.78 Å². The van der Waals surface area contributed by atoms with Gasteiger partial charge in [0, 0.05) is 6.08 Å². The average Bonchev–Trinajstić information content (AvgIpc) is 2.16. The summed E-state index contributed by atoms with van der Waals surface area (Å²) in [6, 6.07) is 0. The fourth-order valence-corrected chi connectivity index (χ4v) is 2.54. The van der Waals surface area contributed by atoms with Crippen molar-refractivity contribution in [1.29, 1.82) is 0 Å². The number of alkyl halides is 3. The Kier molecular flexibility index (Phi) is 2.72. The van der Waals surface area contributed by atoms with Gasteiger partial charge in [0.05, 0.1) is 18.6 Å². The molecule has 2 nitrogen and oxygen atoms in total.